The quantitative estimate of drug-likeness (QED) is 0.865. The molecule has 1 aromatic carbocycles. The normalized spacial score (nSPS) is 10.0. The van der Waals surface area contributed by atoms with Crippen LogP contribution in [-0.4, -0.2) is 22.2 Å². The Morgan fingerprint density at radius 1 is 1.36 bits per heavy atom. The van der Waals surface area contributed by atoms with E-state index in [-0.39, 0.29) is 18.7 Å². The minimum absolute atomic E-state index is 0.0296. The summed E-state index contributed by atoms with van der Waals surface area (Å²) in [5.74, 6) is -0.927. The smallest absolute Gasteiger partial charge is 0.338 e. The van der Waals surface area contributed by atoms with Crippen LogP contribution < -0.4 is 5.56 Å². The van der Waals surface area contributed by atoms with Crippen molar-refractivity contribution in [2.45, 2.75) is 13.5 Å². The molecule has 6 nitrogen and oxygen atoms in total. The van der Waals surface area contributed by atoms with Crippen LogP contribution in [0.5, 0.6) is 5.88 Å². The van der Waals surface area contributed by atoms with Gasteiger partial charge in [0, 0.05) is 6.07 Å². The predicted octanol–water partition coefficient (Wildman–Crippen LogP) is 1.59. The maximum atomic E-state index is 11.8. The van der Waals surface area contributed by atoms with Gasteiger partial charge < -0.3 is 9.84 Å². The molecular formula is C16H14N2O4. The Bertz CT molecular complexity index is 788. The van der Waals surface area contributed by atoms with E-state index in [9.17, 15) is 14.7 Å². The Morgan fingerprint density at radius 2 is 2.05 bits per heavy atom. The molecule has 2 aromatic rings. The summed E-state index contributed by atoms with van der Waals surface area (Å²) < 4.78 is 6.06. The average Bonchev–Trinajstić information content (AvgIpc) is 2.51. The molecule has 22 heavy (non-hydrogen) atoms. The maximum Gasteiger partial charge on any atom is 0.338 e. The van der Waals surface area contributed by atoms with Gasteiger partial charge in [0.1, 0.15) is 18.2 Å². The fraction of sp³-hybridized carbons (Fsp3) is 0.188. The van der Waals surface area contributed by atoms with Gasteiger partial charge in [0.15, 0.2) is 0 Å². The molecule has 0 saturated heterocycles. The number of nitrogens with zero attached hydrogens (tertiary/aromatic N) is 2. The van der Waals surface area contributed by atoms with E-state index in [0.717, 1.165) is 4.57 Å². The number of aromatic nitrogens is 1. The zero-order valence-electron chi connectivity index (χ0n) is 11.9. The summed E-state index contributed by atoms with van der Waals surface area (Å²) in [4.78, 5) is 23.6. The van der Waals surface area contributed by atoms with Crippen molar-refractivity contribution in [1.29, 1.82) is 5.26 Å². The summed E-state index contributed by atoms with van der Waals surface area (Å²) in [6, 6.07) is 11.5. The lowest BCUT2D eigenvalue weighted by Gasteiger charge is -2.11. The van der Waals surface area contributed by atoms with Gasteiger partial charge in [0.25, 0.3) is 5.56 Å². The Balaban J connectivity index is 2.09. The second kappa shape index (κ2) is 6.59. The van der Waals surface area contributed by atoms with Crippen LogP contribution in [0.2, 0.25) is 0 Å². The van der Waals surface area contributed by atoms with Crippen LogP contribution in [0.4, 0.5) is 0 Å². The highest BCUT2D eigenvalue weighted by molar-refractivity contribution is 5.89. The van der Waals surface area contributed by atoms with Crippen molar-refractivity contribution in [2.75, 3.05) is 6.61 Å². The van der Waals surface area contributed by atoms with Crippen LogP contribution in [0, 0.1) is 18.3 Å². The minimum atomic E-state index is -0.513. The molecule has 0 spiro atoms. The van der Waals surface area contributed by atoms with Crippen LogP contribution in [0.3, 0.4) is 0 Å². The van der Waals surface area contributed by atoms with Gasteiger partial charge in [-0.05, 0) is 24.6 Å². The fourth-order valence-electron chi connectivity index (χ4n) is 1.99. The van der Waals surface area contributed by atoms with E-state index < -0.39 is 17.4 Å². The molecule has 0 aliphatic heterocycles. The van der Waals surface area contributed by atoms with Gasteiger partial charge >= 0.3 is 5.97 Å². The van der Waals surface area contributed by atoms with E-state index in [0.29, 0.717) is 11.1 Å². The lowest BCUT2D eigenvalue weighted by atomic mass is 10.1. The molecule has 0 radical (unpaired) electrons. The van der Waals surface area contributed by atoms with E-state index in [4.69, 9.17) is 10.00 Å². The molecule has 2 rings (SSSR count). The zero-order chi connectivity index (χ0) is 16.1. The number of nitriles is 1. The zero-order valence-corrected chi connectivity index (χ0v) is 11.9. The molecule has 0 unspecified atom stereocenters. The third-order valence-electron chi connectivity index (χ3n) is 3.15. The lowest BCUT2D eigenvalue weighted by Crippen LogP contribution is -2.24. The van der Waals surface area contributed by atoms with E-state index in [1.165, 1.54) is 6.07 Å². The van der Waals surface area contributed by atoms with Crippen molar-refractivity contribution in [2.24, 2.45) is 0 Å². The number of rotatable bonds is 4. The summed E-state index contributed by atoms with van der Waals surface area (Å²) in [7, 11) is 0. The first-order valence-electron chi connectivity index (χ1n) is 6.60. The van der Waals surface area contributed by atoms with Crippen LogP contribution >= 0.6 is 0 Å². The van der Waals surface area contributed by atoms with E-state index in [1.807, 2.05) is 6.07 Å². The van der Waals surface area contributed by atoms with Crippen LogP contribution in [0.25, 0.3) is 0 Å². The second-order valence-corrected chi connectivity index (χ2v) is 4.63. The standard InChI is InChI=1S/C16H14N2O4/c1-11-9-14(19)18(15(20)13(11)10-17)7-8-22-16(21)12-5-3-2-4-6-12/h2-6,9,20H,7-8H2,1H3. The van der Waals surface area contributed by atoms with Crippen molar-refractivity contribution >= 4 is 5.97 Å². The molecule has 1 aromatic heterocycles. The summed E-state index contributed by atoms with van der Waals surface area (Å²) in [5, 5.41) is 18.9. The molecule has 0 fully saturated rings. The molecule has 0 amide bonds. The van der Waals surface area contributed by atoms with Gasteiger partial charge in [-0.15, -0.1) is 0 Å². The van der Waals surface area contributed by atoms with E-state index in [1.54, 1.807) is 37.3 Å². The fourth-order valence-corrected chi connectivity index (χ4v) is 1.99. The monoisotopic (exact) mass is 298 g/mol. The van der Waals surface area contributed by atoms with Crippen LogP contribution in [-0.2, 0) is 11.3 Å². The SMILES string of the molecule is Cc1cc(=O)n(CCOC(=O)c2ccccc2)c(O)c1C#N. The lowest BCUT2D eigenvalue weighted by molar-refractivity contribution is 0.0487. The molecule has 112 valence electrons. The molecule has 6 heteroatoms. The Morgan fingerprint density at radius 3 is 2.68 bits per heavy atom. The topological polar surface area (TPSA) is 92.3 Å². The van der Waals surface area contributed by atoms with Gasteiger partial charge in [-0.1, -0.05) is 18.2 Å². The maximum absolute atomic E-state index is 11.8. The van der Waals surface area contributed by atoms with E-state index in [2.05, 4.69) is 0 Å². The molecule has 0 bridgehead atoms. The van der Waals surface area contributed by atoms with Gasteiger partial charge in [-0.25, -0.2) is 4.79 Å². The van der Waals surface area contributed by atoms with Crippen LogP contribution in [0.15, 0.2) is 41.2 Å². The van der Waals surface area contributed by atoms with Gasteiger partial charge in [-0.3, -0.25) is 9.36 Å². The Hall–Kier alpha value is -3.07. The van der Waals surface area contributed by atoms with Crippen LogP contribution in [0.1, 0.15) is 21.5 Å². The molecule has 0 aliphatic rings. The summed E-state index contributed by atoms with van der Waals surface area (Å²) in [5.41, 5.74) is 0.391. The summed E-state index contributed by atoms with van der Waals surface area (Å²) >= 11 is 0. The number of ether oxygens (including phenoxy) is 1. The van der Waals surface area contributed by atoms with Gasteiger partial charge in [0.05, 0.1) is 12.1 Å². The number of benzene rings is 1. The van der Waals surface area contributed by atoms with Gasteiger partial charge in [-0.2, -0.15) is 5.26 Å². The largest absolute Gasteiger partial charge is 0.493 e. The molecule has 0 aliphatic carbocycles. The second-order valence-electron chi connectivity index (χ2n) is 4.63. The van der Waals surface area contributed by atoms with E-state index >= 15 is 0 Å². The number of hydrogen-bond acceptors (Lipinski definition) is 5. The first-order chi connectivity index (χ1) is 10.5. The summed E-state index contributed by atoms with van der Waals surface area (Å²) in [6.07, 6.45) is 0. The predicted molar refractivity (Wildman–Crippen MR) is 78.5 cm³/mol. The van der Waals surface area contributed by atoms with Gasteiger partial charge in [0.2, 0.25) is 5.88 Å². The number of esters is 1. The number of aromatic hydroxyl groups is 1. The number of hydrogen-bond donors (Lipinski definition) is 1. The number of carbonyl (C=O) groups is 1. The number of carbonyl (C=O) groups excluding carboxylic acids is 1. The highest BCUT2D eigenvalue weighted by Gasteiger charge is 2.13. The number of aryl methyl sites for hydroxylation is 1. The minimum Gasteiger partial charge on any atom is -0.493 e. The Labute approximate surface area is 126 Å². The van der Waals surface area contributed by atoms with Crippen molar-refractivity contribution in [3.05, 3.63) is 63.4 Å². The third-order valence-corrected chi connectivity index (χ3v) is 3.15. The molecule has 0 atom stereocenters. The van der Waals surface area contributed by atoms with Crippen molar-refractivity contribution in [1.82, 2.24) is 4.57 Å². The highest BCUT2D eigenvalue weighted by Crippen LogP contribution is 2.17. The molecule has 1 N–H and O–H groups in total. The van der Waals surface area contributed by atoms with Crippen molar-refractivity contribution in [3.63, 3.8) is 0 Å². The molecule has 1 heterocycles. The first kappa shape index (κ1) is 15.3. The third kappa shape index (κ3) is 3.15. The highest BCUT2D eigenvalue weighted by atomic mass is 16.5. The van der Waals surface area contributed by atoms with Crippen molar-refractivity contribution in [3.8, 4) is 11.9 Å². The number of pyridine rings is 1. The Kier molecular flexibility index (Phi) is 4.59. The molecule has 0 saturated carbocycles. The van der Waals surface area contributed by atoms with Crippen molar-refractivity contribution < 1.29 is 14.6 Å². The average molecular weight is 298 g/mol. The summed E-state index contributed by atoms with van der Waals surface area (Å²) in [6.45, 7) is 1.45. The first-order valence-corrected chi connectivity index (χ1v) is 6.60. The molecular weight excluding hydrogens is 284 g/mol.